The topological polar surface area (TPSA) is 117 Å². The normalized spacial score (nSPS) is 14.4. The zero-order chi connectivity index (χ0) is 30.6. The number of likely N-dealkylation sites (N-methyl/N-ethyl adjacent to an activating group) is 1. The summed E-state index contributed by atoms with van der Waals surface area (Å²) in [5.41, 5.74) is 3.37. The number of amides is 1. The average molecular weight is 615 g/mol. The molecule has 1 aliphatic heterocycles. The van der Waals surface area contributed by atoms with Crippen molar-refractivity contribution in [2.24, 2.45) is 0 Å². The number of aromatic nitrogens is 2. The minimum absolute atomic E-state index is 0.0672. The van der Waals surface area contributed by atoms with E-state index in [1.165, 1.54) is 17.8 Å². The van der Waals surface area contributed by atoms with Gasteiger partial charge in [-0.2, -0.15) is 4.98 Å². The molecule has 2 N–H and O–H groups in total. The highest BCUT2D eigenvalue weighted by Gasteiger charge is 2.26. The second-order valence-electron chi connectivity index (χ2n) is 11.2. The van der Waals surface area contributed by atoms with Crippen LogP contribution in [-0.4, -0.2) is 80.2 Å². The van der Waals surface area contributed by atoms with E-state index < -0.39 is 9.84 Å². The number of nitrogens with one attached hydrogen (secondary N) is 2. The molecule has 1 amide bonds. The minimum atomic E-state index is -3.48. The van der Waals surface area contributed by atoms with Crippen LogP contribution >= 0.6 is 11.6 Å². The Morgan fingerprint density at radius 3 is 2.48 bits per heavy atom. The molecule has 0 atom stereocenters. The number of piperidine rings is 1. The Labute approximate surface area is 253 Å². The van der Waals surface area contributed by atoms with E-state index in [1.807, 2.05) is 43.8 Å². The number of ether oxygens (including phenoxy) is 1. The first-order valence-electron chi connectivity index (χ1n) is 13.9. The molecule has 226 valence electrons. The van der Waals surface area contributed by atoms with E-state index in [0.717, 1.165) is 37.8 Å². The van der Waals surface area contributed by atoms with E-state index in [-0.39, 0.29) is 33.7 Å². The van der Waals surface area contributed by atoms with E-state index in [2.05, 4.69) is 33.6 Å². The highest BCUT2D eigenvalue weighted by Crippen LogP contribution is 2.38. The second kappa shape index (κ2) is 13.3. The fraction of sp³-hybridized carbons (Fsp3) is 0.433. The molecule has 4 rings (SSSR count). The maximum absolute atomic E-state index is 12.5. The lowest BCUT2D eigenvalue weighted by Gasteiger charge is -2.34. The molecule has 1 aliphatic rings. The Morgan fingerprint density at radius 2 is 1.83 bits per heavy atom. The number of carbonyl (C=O) groups is 1. The molecule has 0 aliphatic carbocycles. The smallest absolute Gasteiger partial charge is 0.236 e. The summed E-state index contributed by atoms with van der Waals surface area (Å²) < 4.78 is 30.8. The summed E-state index contributed by atoms with van der Waals surface area (Å²) in [6, 6.07) is 10.7. The molecule has 1 saturated heterocycles. The zero-order valence-electron chi connectivity index (χ0n) is 24.9. The van der Waals surface area contributed by atoms with Crippen LogP contribution < -0.4 is 15.4 Å². The first-order chi connectivity index (χ1) is 19.8. The summed E-state index contributed by atoms with van der Waals surface area (Å²) in [6.07, 6.45) is 4.31. The molecule has 0 spiro atoms. The van der Waals surface area contributed by atoms with Crippen molar-refractivity contribution in [3.63, 3.8) is 0 Å². The van der Waals surface area contributed by atoms with Crippen LogP contribution in [0.2, 0.25) is 5.02 Å². The van der Waals surface area contributed by atoms with Crippen molar-refractivity contribution in [1.82, 2.24) is 19.8 Å². The third kappa shape index (κ3) is 7.90. The van der Waals surface area contributed by atoms with Crippen molar-refractivity contribution in [1.29, 1.82) is 0 Å². The highest BCUT2D eigenvalue weighted by molar-refractivity contribution is 7.90. The summed E-state index contributed by atoms with van der Waals surface area (Å²) >= 11 is 6.39. The molecule has 0 saturated carbocycles. The number of carbonyl (C=O) groups excluding carboxylic acids is 1. The maximum Gasteiger partial charge on any atom is 0.236 e. The number of anilines is 4. The van der Waals surface area contributed by atoms with Crippen molar-refractivity contribution in [3.8, 4) is 5.75 Å². The van der Waals surface area contributed by atoms with Gasteiger partial charge in [0.05, 0.1) is 35.1 Å². The van der Waals surface area contributed by atoms with Gasteiger partial charge in [0.25, 0.3) is 0 Å². The van der Waals surface area contributed by atoms with Gasteiger partial charge in [0, 0.05) is 19.3 Å². The van der Waals surface area contributed by atoms with E-state index in [1.54, 1.807) is 18.2 Å². The molecule has 12 heteroatoms. The minimum Gasteiger partial charge on any atom is -0.489 e. The molecule has 0 radical (unpaired) electrons. The molecule has 1 aromatic heterocycles. The second-order valence-corrected chi connectivity index (χ2v) is 13.6. The lowest BCUT2D eigenvalue weighted by molar-refractivity contribution is -0.132. The maximum atomic E-state index is 12.5. The van der Waals surface area contributed by atoms with E-state index >= 15 is 0 Å². The molecule has 10 nitrogen and oxygen atoms in total. The van der Waals surface area contributed by atoms with Gasteiger partial charge in [-0.3, -0.25) is 4.79 Å². The van der Waals surface area contributed by atoms with Gasteiger partial charge in [-0.25, -0.2) is 13.4 Å². The molecule has 42 heavy (non-hydrogen) atoms. The Hall–Kier alpha value is -3.41. The summed E-state index contributed by atoms with van der Waals surface area (Å²) in [4.78, 5) is 25.4. The van der Waals surface area contributed by atoms with Crippen LogP contribution in [0, 0.1) is 6.92 Å². The van der Waals surface area contributed by atoms with Crippen LogP contribution in [0.5, 0.6) is 5.75 Å². The number of sulfone groups is 1. The number of likely N-dealkylation sites (tertiary alicyclic amines) is 1. The van der Waals surface area contributed by atoms with Crippen LogP contribution in [0.3, 0.4) is 0 Å². The number of nitrogens with zero attached hydrogens (tertiary/aromatic N) is 4. The number of hydrogen-bond acceptors (Lipinski definition) is 9. The summed E-state index contributed by atoms with van der Waals surface area (Å²) in [7, 11) is 0.339. The van der Waals surface area contributed by atoms with Gasteiger partial charge in [0.1, 0.15) is 10.8 Å². The average Bonchev–Trinajstić information content (AvgIpc) is 2.91. The van der Waals surface area contributed by atoms with Crippen LogP contribution in [0.25, 0.3) is 0 Å². The Kier molecular flexibility index (Phi) is 9.96. The van der Waals surface area contributed by atoms with Gasteiger partial charge < -0.3 is 25.2 Å². The van der Waals surface area contributed by atoms with Gasteiger partial charge in [0.2, 0.25) is 11.9 Å². The van der Waals surface area contributed by atoms with Crippen molar-refractivity contribution in [2.75, 3.05) is 50.6 Å². The molecule has 0 bridgehead atoms. The van der Waals surface area contributed by atoms with Gasteiger partial charge in [-0.05, 0) is 89.0 Å². The SMILES string of the molecule is Cc1cc(Nc2ncc(Cl)c(Nc3ccccc3S(C)(=O)=O)n2)c(OC(C)C)cc1C1CCN(C(=O)CN(C)C)CC1. The zero-order valence-corrected chi connectivity index (χ0v) is 26.5. The van der Waals surface area contributed by atoms with Gasteiger partial charge in [0.15, 0.2) is 15.7 Å². The number of rotatable bonds is 10. The van der Waals surface area contributed by atoms with E-state index in [4.69, 9.17) is 16.3 Å². The number of aryl methyl sites for hydroxylation is 1. The molecular weight excluding hydrogens is 576 g/mol. The number of benzene rings is 2. The van der Waals surface area contributed by atoms with Gasteiger partial charge >= 0.3 is 0 Å². The predicted octanol–water partition coefficient (Wildman–Crippen LogP) is 5.38. The lowest BCUT2D eigenvalue weighted by atomic mass is 9.86. The quantitative estimate of drug-likeness (QED) is 0.310. The highest BCUT2D eigenvalue weighted by atomic mass is 35.5. The van der Waals surface area contributed by atoms with Crippen molar-refractivity contribution in [2.45, 2.75) is 50.5 Å². The standard InChI is InChI=1S/C30H39ClN6O4S/c1-19(2)41-26-16-22(21-11-13-37(14-12-21)28(38)18-36(4)5)20(3)15-25(26)34-30-32-17-23(31)29(35-30)33-24-9-7-8-10-27(24)42(6,39)40/h7-10,15-17,19,21H,11-14,18H2,1-6H3,(H2,32,33,34,35). The van der Waals surface area contributed by atoms with Gasteiger partial charge in [-0.15, -0.1) is 0 Å². The van der Waals surface area contributed by atoms with Crippen molar-refractivity contribution in [3.05, 3.63) is 58.7 Å². The lowest BCUT2D eigenvalue weighted by Crippen LogP contribution is -2.42. The first-order valence-corrected chi connectivity index (χ1v) is 16.2. The fourth-order valence-corrected chi connectivity index (χ4v) is 6.04. The van der Waals surface area contributed by atoms with Crippen molar-refractivity contribution >= 4 is 50.5 Å². The summed E-state index contributed by atoms with van der Waals surface area (Å²) in [5, 5.41) is 6.55. The number of hydrogen-bond donors (Lipinski definition) is 2. The largest absolute Gasteiger partial charge is 0.489 e. The van der Waals surface area contributed by atoms with E-state index in [9.17, 15) is 13.2 Å². The first kappa shape index (κ1) is 31.5. The third-order valence-corrected chi connectivity index (χ3v) is 8.43. The number of para-hydroxylation sites is 1. The molecule has 2 aromatic carbocycles. The van der Waals surface area contributed by atoms with E-state index in [0.29, 0.717) is 29.6 Å². The van der Waals surface area contributed by atoms with Crippen LogP contribution in [-0.2, 0) is 14.6 Å². The molecule has 0 unspecified atom stereocenters. The number of halogens is 1. The third-order valence-electron chi connectivity index (χ3n) is 7.00. The van der Waals surface area contributed by atoms with Gasteiger partial charge in [-0.1, -0.05) is 23.7 Å². The molecule has 3 aromatic rings. The molecular formula is C30H39ClN6O4S. The Bertz CT molecular complexity index is 1540. The Morgan fingerprint density at radius 1 is 1.14 bits per heavy atom. The molecule has 1 fully saturated rings. The Balaban J connectivity index is 1.58. The van der Waals surface area contributed by atoms with Crippen LogP contribution in [0.1, 0.15) is 43.7 Å². The predicted molar refractivity (Wildman–Crippen MR) is 167 cm³/mol. The van der Waals surface area contributed by atoms with Crippen LogP contribution in [0.15, 0.2) is 47.5 Å². The van der Waals surface area contributed by atoms with Crippen LogP contribution in [0.4, 0.5) is 23.1 Å². The fourth-order valence-electron chi connectivity index (χ4n) is 5.06. The van der Waals surface area contributed by atoms with Crippen molar-refractivity contribution < 1.29 is 17.9 Å². The summed E-state index contributed by atoms with van der Waals surface area (Å²) in [5.74, 6) is 1.68. The summed E-state index contributed by atoms with van der Waals surface area (Å²) in [6.45, 7) is 7.89. The molecule has 2 heterocycles. The monoisotopic (exact) mass is 614 g/mol.